The van der Waals surface area contributed by atoms with Crippen molar-refractivity contribution < 1.29 is 0 Å². The van der Waals surface area contributed by atoms with Gasteiger partial charge in [-0.2, -0.15) is 5.26 Å². The van der Waals surface area contributed by atoms with Crippen molar-refractivity contribution in [2.45, 2.75) is 10.8 Å². The first-order valence-electron chi connectivity index (χ1n) is 8.43. The highest BCUT2D eigenvalue weighted by molar-refractivity contribution is 7.98. The molecule has 0 aliphatic rings. The number of anilines is 1. The second kappa shape index (κ2) is 8.82. The molecule has 0 saturated carbocycles. The third-order valence-electron chi connectivity index (χ3n) is 4.08. The highest BCUT2D eigenvalue weighted by atomic mass is 35.5. The molecule has 2 N–H and O–H groups in total. The van der Waals surface area contributed by atoms with Crippen LogP contribution >= 0.6 is 46.0 Å². The summed E-state index contributed by atoms with van der Waals surface area (Å²) in [5, 5.41) is 15.6. The van der Waals surface area contributed by atoms with Crippen LogP contribution in [0.25, 0.3) is 26.7 Å². The average Bonchev–Trinajstić information content (AvgIpc) is 3.44. The van der Waals surface area contributed by atoms with Crippen molar-refractivity contribution in [1.29, 1.82) is 5.26 Å². The van der Waals surface area contributed by atoms with Crippen molar-refractivity contribution >= 4 is 57.5 Å². The minimum atomic E-state index is 0.0923. The van der Waals surface area contributed by atoms with Crippen LogP contribution in [0.5, 0.6) is 0 Å². The molecule has 0 bridgehead atoms. The molecule has 0 atom stereocenters. The molecular formula is C20H11ClN6S3. The largest absolute Gasteiger partial charge is 0.392 e. The van der Waals surface area contributed by atoms with E-state index in [9.17, 15) is 5.26 Å². The van der Waals surface area contributed by atoms with E-state index in [4.69, 9.17) is 23.9 Å². The van der Waals surface area contributed by atoms with E-state index in [1.165, 1.54) is 34.4 Å². The van der Waals surface area contributed by atoms with Crippen molar-refractivity contribution in [2.24, 2.45) is 0 Å². The van der Waals surface area contributed by atoms with Crippen LogP contribution in [0.3, 0.4) is 0 Å². The molecule has 0 fully saturated rings. The Hall–Kier alpha value is -2.95. The fourth-order valence-corrected chi connectivity index (χ4v) is 5.21. The molecule has 0 radical (unpaired) electrons. The van der Waals surface area contributed by atoms with Gasteiger partial charge in [-0.15, -0.1) is 22.7 Å². The first-order valence-corrected chi connectivity index (χ1v) is 11.6. The third kappa shape index (κ3) is 4.02. The number of thioether (sulfide) groups is 1. The van der Waals surface area contributed by atoms with Gasteiger partial charge in [-0.05, 0) is 12.1 Å². The highest BCUT2D eigenvalue weighted by Crippen LogP contribution is 2.41. The second-order valence-corrected chi connectivity index (χ2v) is 8.91. The molecule has 0 saturated heterocycles. The quantitative estimate of drug-likeness (QED) is 0.275. The highest BCUT2D eigenvalue weighted by Gasteiger charge is 2.22. The molecule has 3 heterocycles. The Morgan fingerprint density at radius 1 is 1.23 bits per heavy atom. The van der Waals surface area contributed by atoms with Crippen LogP contribution in [0.2, 0.25) is 5.02 Å². The Balaban J connectivity index is 1.64. The van der Waals surface area contributed by atoms with E-state index >= 15 is 0 Å². The molecule has 4 aromatic rings. The number of thiazole rings is 2. The van der Waals surface area contributed by atoms with Crippen LogP contribution in [0.15, 0.2) is 45.6 Å². The maximum atomic E-state index is 9.79. The fourth-order valence-electron chi connectivity index (χ4n) is 2.72. The zero-order valence-corrected chi connectivity index (χ0v) is 18.4. The molecule has 0 amide bonds. The van der Waals surface area contributed by atoms with Gasteiger partial charge in [0.2, 0.25) is 5.69 Å². The summed E-state index contributed by atoms with van der Waals surface area (Å²) in [5.74, 6) is 0.605. The molecule has 3 aromatic heterocycles. The molecular weight excluding hydrogens is 456 g/mol. The number of hydrogen-bond acceptors (Lipinski definition) is 8. The molecule has 0 unspecified atom stereocenters. The number of benzene rings is 1. The van der Waals surface area contributed by atoms with Gasteiger partial charge in [0.05, 0.1) is 29.0 Å². The van der Waals surface area contributed by atoms with Gasteiger partial charge in [-0.3, -0.25) is 0 Å². The summed E-state index contributed by atoms with van der Waals surface area (Å²) in [6.45, 7) is 7.45. The van der Waals surface area contributed by atoms with Crippen LogP contribution in [0, 0.1) is 17.9 Å². The van der Waals surface area contributed by atoms with Crippen molar-refractivity contribution in [2.75, 3.05) is 5.73 Å². The normalized spacial score (nSPS) is 10.5. The number of nitriles is 1. The summed E-state index contributed by atoms with van der Waals surface area (Å²) in [6.07, 6.45) is 0. The smallest absolute Gasteiger partial charge is 0.238 e. The topological polar surface area (TPSA) is 92.8 Å². The van der Waals surface area contributed by atoms with Crippen LogP contribution in [-0.2, 0) is 5.75 Å². The predicted molar refractivity (Wildman–Crippen MR) is 123 cm³/mol. The summed E-state index contributed by atoms with van der Waals surface area (Å²) >= 11 is 10.2. The average molecular weight is 467 g/mol. The van der Waals surface area contributed by atoms with Crippen molar-refractivity contribution in [1.82, 2.24) is 15.0 Å². The maximum absolute atomic E-state index is 9.79. The van der Waals surface area contributed by atoms with Crippen molar-refractivity contribution in [3.63, 3.8) is 0 Å². The van der Waals surface area contributed by atoms with E-state index in [2.05, 4.69) is 25.9 Å². The number of nitrogens with two attached hydrogens (primary N) is 1. The van der Waals surface area contributed by atoms with Crippen LogP contribution in [0.1, 0.15) is 11.3 Å². The lowest BCUT2D eigenvalue weighted by Crippen LogP contribution is -1.99. The number of nitrogen functional groups attached to an aromatic ring is 1. The molecule has 1 aromatic carbocycles. The van der Waals surface area contributed by atoms with E-state index < -0.39 is 0 Å². The van der Waals surface area contributed by atoms with Gasteiger partial charge in [0.15, 0.2) is 0 Å². The van der Waals surface area contributed by atoms with Crippen LogP contribution in [0.4, 0.5) is 11.5 Å². The Bertz CT molecular complexity index is 1280. The molecule has 30 heavy (non-hydrogen) atoms. The van der Waals surface area contributed by atoms with E-state index in [1.54, 1.807) is 10.9 Å². The third-order valence-corrected chi connectivity index (χ3v) is 6.86. The Morgan fingerprint density at radius 3 is 2.70 bits per heavy atom. The van der Waals surface area contributed by atoms with Gasteiger partial charge in [-0.25, -0.2) is 19.8 Å². The number of hydrogen-bond donors (Lipinski definition) is 1. The van der Waals surface area contributed by atoms with Gasteiger partial charge < -0.3 is 5.73 Å². The number of nitrogens with zero attached hydrogens (tertiary/aromatic N) is 5. The van der Waals surface area contributed by atoms with Gasteiger partial charge in [0, 0.05) is 32.7 Å². The minimum absolute atomic E-state index is 0.0923. The van der Waals surface area contributed by atoms with Crippen LogP contribution < -0.4 is 5.73 Å². The second-order valence-electron chi connectivity index (χ2n) is 5.94. The summed E-state index contributed by atoms with van der Waals surface area (Å²) in [6, 6.07) is 9.70. The Morgan fingerprint density at radius 2 is 2.03 bits per heavy atom. The fraction of sp³-hybridized carbons (Fsp3) is 0.0500. The molecule has 10 heteroatoms. The minimum Gasteiger partial charge on any atom is -0.392 e. The van der Waals surface area contributed by atoms with E-state index in [-0.39, 0.29) is 11.5 Å². The Labute approximate surface area is 189 Å². The zero-order chi connectivity index (χ0) is 21.1. The lowest BCUT2D eigenvalue weighted by molar-refractivity contribution is 1.12. The lowest BCUT2D eigenvalue weighted by atomic mass is 10.1. The monoisotopic (exact) mass is 466 g/mol. The molecule has 6 nitrogen and oxygen atoms in total. The molecule has 0 aliphatic heterocycles. The van der Waals surface area contributed by atoms with Gasteiger partial charge >= 0.3 is 0 Å². The zero-order valence-electron chi connectivity index (χ0n) is 15.2. The Kier molecular flexibility index (Phi) is 5.98. The lowest BCUT2D eigenvalue weighted by Gasteiger charge is -2.11. The van der Waals surface area contributed by atoms with Gasteiger partial charge in [-0.1, -0.05) is 35.5 Å². The number of aromatic nitrogens is 3. The first kappa shape index (κ1) is 20.3. The summed E-state index contributed by atoms with van der Waals surface area (Å²) in [4.78, 5) is 16.7. The number of rotatable bonds is 5. The first-order chi connectivity index (χ1) is 14.6. The molecule has 0 aliphatic carbocycles. The van der Waals surface area contributed by atoms with Gasteiger partial charge in [0.1, 0.15) is 21.9 Å². The van der Waals surface area contributed by atoms with Crippen molar-refractivity contribution in [3.8, 4) is 27.9 Å². The number of halogens is 1. The molecule has 4 rings (SSSR count). The maximum Gasteiger partial charge on any atom is 0.238 e. The molecule has 146 valence electrons. The standard InChI is InChI=1S/C20H11ClN6S3/c1-24-17-16(15-9-28-10-25-15)14(6-22)20(27-18(17)23)30-8-13-7-29-19(26-13)11-2-4-12(21)5-3-11/h2-5,7,9-10H,8H2,(H2,23,27). The summed E-state index contributed by atoms with van der Waals surface area (Å²) in [5.41, 5.74) is 11.0. The number of pyridine rings is 1. The SMILES string of the molecule is [C-]#[N+]c1c(N)nc(SCc2csc(-c3ccc(Cl)cc3)n2)c(C#N)c1-c1cscn1. The van der Waals surface area contributed by atoms with E-state index in [0.717, 1.165) is 16.3 Å². The van der Waals surface area contributed by atoms with Gasteiger partial charge in [0.25, 0.3) is 0 Å². The molecule has 0 spiro atoms. The van der Waals surface area contributed by atoms with Crippen molar-refractivity contribution in [3.05, 3.63) is 68.2 Å². The van der Waals surface area contributed by atoms with E-state index in [1.807, 2.05) is 29.6 Å². The summed E-state index contributed by atoms with van der Waals surface area (Å²) in [7, 11) is 0. The summed E-state index contributed by atoms with van der Waals surface area (Å²) < 4.78 is 0. The van der Waals surface area contributed by atoms with E-state index in [0.29, 0.717) is 32.6 Å². The predicted octanol–water partition coefficient (Wildman–Crippen LogP) is 6.28. The van der Waals surface area contributed by atoms with Crippen LogP contribution in [-0.4, -0.2) is 15.0 Å².